The van der Waals surface area contributed by atoms with Crippen molar-refractivity contribution in [2.45, 2.75) is 25.7 Å². The summed E-state index contributed by atoms with van der Waals surface area (Å²) in [5.74, 6) is -0.824. The maximum Gasteiger partial charge on any atom is 0.338 e. The van der Waals surface area contributed by atoms with Gasteiger partial charge in [0.05, 0.1) is 55.8 Å². The fourth-order valence-electron chi connectivity index (χ4n) is 8.97. The second kappa shape index (κ2) is 26.1. The quantitative estimate of drug-likeness (QED) is 0.0565. The van der Waals surface area contributed by atoms with E-state index in [1.807, 2.05) is 91.0 Å². The number of carbonyl (C=O) groups excluding carboxylic acids is 2. The van der Waals surface area contributed by atoms with E-state index in [9.17, 15) is 19.8 Å². The molecule has 0 spiro atoms. The Balaban J connectivity index is 0.000000198. The van der Waals surface area contributed by atoms with Gasteiger partial charge >= 0.3 is 5.97 Å². The lowest BCUT2D eigenvalue weighted by atomic mass is 10.0. The second-order valence-corrected chi connectivity index (χ2v) is 18.0. The molecule has 8 N–H and O–H groups in total. The number of ether oxygens (including phenoxy) is 2. The van der Waals surface area contributed by atoms with Crippen LogP contribution >= 0.6 is 0 Å². The second-order valence-electron chi connectivity index (χ2n) is 18.0. The van der Waals surface area contributed by atoms with Crippen LogP contribution in [0.25, 0.3) is 39.3 Å². The van der Waals surface area contributed by atoms with Crippen molar-refractivity contribution in [3.05, 3.63) is 198 Å². The predicted molar refractivity (Wildman–Crippen MR) is 297 cm³/mol. The minimum atomic E-state index is -0.545. The van der Waals surface area contributed by atoms with E-state index in [1.165, 1.54) is 7.11 Å². The Labute approximate surface area is 446 Å². The molecule has 1 fully saturated rings. The Morgan fingerprint density at radius 1 is 0.701 bits per heavy atom. The smallest absolute Gasteiger partial charge is 0.338 e. The molecular weight excluding hydrogens is 978 g/mol. The summed E-state index contributed by atoms with van der Waals surface area (Å²) < 4.78 is 25.4. The molecule has 5 heterocycles. The van der Waals surface area contributed by atoms with Crippen LogP contribution in [-0.4, -0.2) is 117 Å². The van der Waals surface area contributed by atoms with Gasteiger partial charge < -0.3 is 46.7 Å². The summed E-state index contributed by atoms with van der Waals surface area (Å²) in [6, 6.07) is 38.0. The first-order valence-electron chi connectivity index (χ1n) is 24.8. The summed E-state index contributed by atoms with van der Waals surface area (Å²) >= 11 is 0. The van der Waals surface area contributed by atoms with Crippen LogP contribution in [0.1, 0.15) is 38.3 Å². The van der Waals surface area contributed by atoms with Gasteiger partial charge in [0, 0.05) is 96.9 Å². The standard InChI is InChI=1S/C34H36FN7O3.C13H12N2O2.C12H12N2O/c1-41-14-16-42(17-15-41)31(21-45-2)33(44)39-29-9-5-8-25-26(29)10-11-27(25)32-28(35)19-37-34(40-32)38-23-12-13-36-30(18-23)24-7-4-3-6-22(24)20-43;1-17-13(16)11-5-3-2-4-10(11)12-8-9(14)6-7-15-12;13-10-5-6-14-12(7-10)11-4-2-1-3-9(11)8-15/h3-9,11-13,18-19,31,43H,10,14-17,20-21H2,1-2H3,(H,39,44)(H,36,37,38,40);2-8H,1H3,(H2,14,15);1-7,15H,8H2,(H2,13,14)/t31-;;/m1../s1. The lowest BCUT2D eigenvalue weighted by Crippen LogP contribution is -2.54. The van der Waals surface area contributed by atoms with Gasteiger partial charge in [-0.25, -0.2) is 19.2 Å². The van der Waals surface area contributed by atoms with Crippen molar-refractivity contribution in [3.63, 3.8) is 0 Å². The third-order valence-corrected chi connectivity index (χ3v) is 13.0. The number of amides is 1. The van der Waals surface area contributed by atoms with E-state index in [0.717, 1.165) is 71.5 Å². The Morgan fingerprint density at radius 3 is 1.88 bits per heavy atom. The number of rotatable bonds is 14. The van der Waals surface area contributed by atoms with Gasteiger partial charge in [0.25, 0.3) is 0 Å². The van der Waals surface area contributed by atoms with E-state index >= 15 is 4.39 Å². The van der Waals surface area contributed by atoms with Crippen molar-refractivity contribution in [3.8, 4) is 33.8 Å². The van der Waals surface area contributed by atoms with Gasteiger partial charge in [0.2, 0.25) is 11.9 Å². The van der Waals surface area contributed by atoms with Crippen molar-refractivity contribution in [2.24, 2.45) is 0 Å². The molecule has 1 atom stereocenters. The Hall–Kier alpha value is -8.78. The molecule has 0 unspecified atom stereocenters. The van der Waals surface area contributed by atoms with Gasteiger partial charge in [-0.05, 0) is 84.3 Å². The average molecular weight is 1040 g/mol. The number of nitrogen functional groups attached to an aromatic ring is 2. The lowest BCUT2D eigenvalue weighted by Gasteiger charge is -2.36. The molecule has 77 heavy (non-hydrogen) atoms. The number of anilines is 5. The number of benzene rings is 4. The van der Waals surface area contributed by atoms with Crippen molar-refractivity contribution in [2.75, 3.05) is 76.2 Å². The number of nitrogens with two attached hydrogens (primary N) is 2. The minimum absolute atomic E-state index is 0.00660. The molecule has 8 aromatic rings. The highest BCUT2D eigenvalue weighted by Gasteiger charge is 2.30. The molecule has 0 bridgehead atoms. The summed E-state index contributed by atoms with van der Waals surface area (Å²) in [6.45, 7) is 3.56. The minimum Gasteiger partial charge on any atom is -0.465 e. The highest BCUT2D eigenvalue weighted by Crippen LogP contribution is 2.38. The van der Waals surface area contributed by atoms with Crippen molar-refractivity contribution < 1.29 is 33.7 Å². The summed E-state index contributed by atoms with van der Waals surface area (Å²) in [7, 11) is 5.04. The van der Waals surface area contributed by atoms with Gasteiger partial charge in [-0.2, -0.15) is 0 Å². The summed E-state index contributed by atoms with van der Waals surface area (Å²) in [4.78, 5) is 51.1. The zero-order valence-electron chi connectivity index (χ0n) is 42.9. The molecule has 18 heteroatoms. The van der Waals surface area contributed by atoms with Gasteiger partial charge in [-0.15, -0.1) is 0 Å². The number of halogens is 1. The van der Waals surface area contributed by atoms with Crippen molar-refractivity contribution in [1.29, 1.82) is 0 Å². The van der Waals surface area contributed by atoms with E-state index in [1.54, 1.807) is 68.2 Å². The largest absolute Gasteiger partial charge is 0.465 e. The van der Waals surface area contributed by atoms with Gasteiger partial charge in [0.15, 0.2) is 5.82 Å². The monoisotopic (exact) mass is 1040 g/mol. The molecule has 1 aliphatic heterocycles. The highest BCUT2D eigenvalue weighted by atomic mass is 19.1. The van der Waals surface area contributed by atoms with Crippen LogP contribution in [-0.2, 0) is 33.9 Å². The number of likely N-dealkylation sites (N-methyl/N-ethyl adjacent to an activating group) is 1. The van der Waals surface area contributed by atoms with Crippen molar-refractivity contribution in [1.82, 2.24) is 34.7 Å². The van der Waals surface area contributed by atoms with E-state index in [2.05, 4.69) is 52.4 Å². The lowest BCUT2D eigenvalue weighted by molar-refractivity contribution is -0.124. The van der Waals surface area contributed by atoms with Gasteiger partial charge in [0.1, 0.15) is 11.7 Å². The molecule has 4 aromatic carbocycles. The fourth-order valence-corrected chi connectivity index (χ4v) is 8.97. The van der Waals surface area contributed by atoms with Crippen LogP contribution in [0.4, 0.5) is 33.1 Å². The first kappa shape index (κ1) is 54.5. The number of nitrogens with zero attached hydrogens (tertiary/aromatic N) is 7. The van der Waals surface area contributed by atoms with Gasteiger partial charge in [-0.3, -0.25) is 24.6 Å². The number of esters is 1. The first-order valence-corrected chi connectivity index (χ1v) is 24.8. The number of carbonyl (C=O) groups is 2. The van der Waals surface area contributed by atoms with Crippen LogP contribution < -0.4 is 22.1 Å². The van der Waals surface area contributed by atoms with Crippen LogP contribution in [0.5, 0.6) is 0 Å². The molecule has 1 aliphatic carbocycles. The normalized spacial score (nSPS) is 13.4. The number of aromatic nitrogens is 5. The summed E-state index contributed by atoms with van der Waals surface area (Å²) in [5, 5.41) is 25.2. The maximum atomic E-state index is 15.2. The number of piperazine rings is 1. The van der Waals surface area contributed by atoms with Gasteiger partial charge in [-0.1, -0.05) is 84.9 Å². The Morgan fingerprint density at radius 2 is 1.27 bits per heavy atom. The number of hydrogen-bond donors (Lipinski definition) is 6. The Kier molecular flexibility index (Phi) is 18.5. The number of aliphatic hydroxyl groups excluding tert-OH is 2. The number of aliphatic hydroxyl groups is 2. The van der Waals surface area contributed by atoms with Crippen LogP contribution in [0.2, 0.25) is 0 Å². The SMILES string of the molecule is COC(=O)c1ccccc1-c1cc(N)ccn1.COC[C@H](C(=O)Nc1cccc2c1CC=C2c1nc(Nc2ccnc(-c3ccccc3CO)c2)ncc1F)N1CCN(C)CC1.Nc1ccnc(-c2ccccc2CO)c1. The van der Waals surface area contributed by atoms with Crippen molar-refractivity contribution >= 4 is 46.1 Å². The fraction of sp³-hybridized carbons (Fsp3) is 0.203. The average Bonchev–Trinajstić information content (AvgIpc) is 3.91. The predicted octanol–water partition coefficient (Wildman–Crippen LogP) is 8.04. The van der Waals surface area contributed by atoms with E-state index < -0.39 is 11.9 Å². The molecule has 10 rings (SSSR count). The molecule has 2 aliphatic rings. The molecule has 1 amide bonds. The maximum absolute atomic E-state index is 15.2. The first-order chi connectivity index (χ1) is 37.5. The number of pyridine rings is 3. The molecule has 394 valence electrons. The number of nitrogens with one attached hydrogen (secondary N) is 2. The summed E-state index contributed by atoms with van der Waals surface area (Å²) in [6.07, 6.45) is 8.54. The van der Waals surface area contributed by atoms with Crippen LogP contribution in [0.15, 0.2) is 158 Å². The van der Waals surface area contributed by atoms with E-state index in [-0.39, 0.29) is 36.7 Å². The molecular formula is C59H60FN11O6. The highest BCUT2D eigenvalue weighted by molar-refractivity contribution is 5.98. The molecule has 1 saturated heterocycles. The zero-order valence-corrected chi connectivity index (χ0v) is 42.9. The zero-order chi connectivity index (χ0) is 54.3. The van der Waals surface area contributed by atoms with Crippen LogP contribution in [0, 0.1) is 5.82 Å². The number of hydrogen-bond acceptors (Lipinski definition) is 16. The van der Waals surface area contributed by atoms with Crippen LogP contribution in [0.3, 0.4) is 0 Å². The van der Waals surface area contributed by atoms with E-state index in [0.29, 0.717) is 63.9 Å². The molecule has 0 saturated carbocycles. The third-order valence-electron chi connectivity index (χ3n) is 13.0. The molecule has 17 nitrogen and oxygen atoms in total. The molecule has 4 aromatic heterocycles. The number of fused-ring (bicyclic) bond motifs is 1. The van der Waals surface area contributed by atoms with E-state index in [4.69, 9.17) is 20.9 Å². The summed E-state index contributed by atoms with van der Waals surface area (Å²) in [5.41, 5.74) is 23.2. The third kappa shape index (κ3) is 13.6. The molecule has 0 radical (unpaired) electrons. The number of allylic oxidation sites excluding steroid dienone is 1. The number of methoxy groups -OCH3 is 2. The topological polar surface area (TPSA) is 240 Å². The Bertz CT molecular complexity index is 3370.